The van der Waals surface area contributed by atoms with Crippen molar-refractivity contribution >= 4 is 5.97 Å². The minimum Gasteiger partial charge on any atom is -0.463 e. The molecule has 2 atom stereocenters. The first-order valence-corrected chi connectivity index (χ1v) is 6.68. The van der Waals surface area contributed by atoms with Crippen LogP contribution in [-0.4, -0.2) is 18.6 Å². The van der Waals surface area contributed by atoms with E-state index in [2.05, 4.69) is 36.5 Å². The summed E-state index contributed by atoms with van der Waals surface area (Å²) in [6.45, 7) is 6.87. The predicted molar refractivity (Wildman–Crippen MR) is 70.0 cm³/mol. The zero-order valence-electron chi connectivity index (χ0n) is 11.3. The first-order chi connectivity index (χ1) is 8.58. The summed E-state index contributed by atoms with van der Waals surface area (Å²) in [4.78, 5) is 12.1. The van der Waals surface area contributed by atoms with Crippen LogP contribution in [0.4, 0.5) is 0 Å². The number of carbonyl (C=O) groups is 1. The minimum atomic E-state index is -0.0516. The lowest BCUT2D eigenvalue weighted by molar-refractivity contribution is -0.678. The molecule has 1 heterocycles. The summed E-state index contributed by atoms with van der Waals surface area (Å²) in [7, 11) is 0. The van der Waals surface area contributed by atoms with Crippen LogP contribution in [0, 0.1) is 12.8 Å². The average molecular weight is 248 g/mol. The van der Waals surface area contributed by atoms with E-state index in [-0.39, 0.29) is 24.0 Å². The van der Waals surface area contributed by atoms with Crippen molar-refractivity contribution in [3.05, 3.63) is 35.4 Å². The number of esters is 1. The van der Waals surface area contributed by atoms with E-state index >= 15 is 0 Å². The summed E-state index contributed by atoms with van der Waals surface area (Å²) in [5, 5.41) is 2.25. The zero-order valence-corrected chi connectivity index (χ0v) is 11.3. The third kappa shape index (κ3) is 2.91. The molecule has 0 aliphatic carbocycles. The lowest BCUT2D eigenvalue weighted by atomic mass is 9.94. The van der Waals surface area contributed by atoms with Crippen molar-refractivity contribution in [3.8, 4) is 0 Å². The lowest BCUT2D eigenvalue weighted by Gasteiger charge is -2.17. The van der Waals surface area contributed by atoms with Gasteiger partial charge in [0.15, 0.2) is 0 Å². The molecule has 3 nitrogen and oxygen atoms in total. The van der Waals surface area contributed by atoms with Crippen LogP contribution in [0.2, 0.25) is 0 Å². The average Bonchev–Trinajstić information content (AvgIpc) is 2.78. The number of hydrogen-bond acceptors (Lipinski definition) is 2. The van der Waals surface area contributed by atoms with E-state index in [4.69, 9.17) is 4.74 Å². The van der Waals surface area contributed by atoms with Crippen LogP contribution >= 0.6 is 0 Å². The van der Waals surface area contributed by atoms with E-state index in [9.17, 15) is 4.79 Å². The Morgan fingerprint density at radius 3 is 2.61 bits per heavy atom. The zero-order chi connectivity index (χ0) is 13.1. The van der Waals surface area contributed by atoms with E-state index in [1.807, 2.05) is 13.8 Å². The number of carbonyl (C=O) groups excluding carboxylic acids is 1. The second-order valence-electron chi connectivity index (χ2n) is 5.34. The highest BCUT2D eigenvalue weighted by Crippen LogP contribution is 2.26. The number of benzene rings is 1. The number of ether oxygens (including phenoxy) is 1. The molecule has 3 heteroatoms. The van der Waals surface area contributed by atoms with Crippen molar-refractivity contribution in [2.24, 2.45) is 5.92 Å². The van der Waals surface area contributed by atoms with Crippen molar-refractivity contribution in [3.63, 3.8) is 0 Å². The number of quaternary nitrogens is 1. The highest BCUT2D eigenvalue weighted by Gasteiger charge is 2.38. The number of hydrogen-bond donors (Lipinski definition) is 1. The Labute approximate surface area is 109 Å². The topological polar surface area (TPSA) is 42.9 Å². The molecule has 1 saturated heterocycles. The number of rotatable bonds is 3. The third-order valence-electron chi connectivity index (χ3n) is 3.45. The number of nitrogens with two attached hydrogens (primary N) is 1. The fraction of sp³-hybridized carbons (Fsp3) is 0.533. The molecular formula is C15H22NO2+. The first kappa shape index (κ1) is 13.1. The number of aryl methyl sites for hydroxylation is 1. The monoisotopic (exact) mass is 248 g/mol. The Kier molecular flexibility index (Phi) is 4.02. The van der Waals surface area contributed by atoms with Gasteiger partial charge in [-0.25, -0.2) is 0 Å². The molecule has 0 amide bonds. The molecule has 1 aliphatic rings. The Balaban J connectivity index is 2.12. The molecule has 1 aliphatic heterocycles. The van der Waals surface area contributed by atoms with Crippen LogP contribution in [0.3, 0.4) is 0 Å². The van der Waals surface area contributed by atoms with Crippen molar-refractivity contribution in [2.45, 2.75) is 39.3 Å². The van der Waals surface area contributed by atoms with Gasteiger partial charge in [-0.2, -0.15) is 0 Å². The predicted octanol–water partition coefficient (Wildman–Crippen LogP) is 1.57. The molecule has 2 N–H and O–H groups in total. The van der Waals surface area contributed by atoms with Gasteiger partial charge in [-0.3, -0.25) is 4.79 Å². The molecule has 1 aromatic rings. The molecule has 18 heavy (non-hydrogen) atoms. The van der Waals surface area contributed by atoms with Crippen LogP contribution in [0.25, 0.3) is 0 Å². The largest absolute Gasteiger partial charge is 0.463 e. The molecule has 1 fully saturated rings. The summed E-state index contributed by atoms with van der Waals surface area (Å²) < 4.78 is 5.35. The third-order valence-corrected chi connectivity index (χ3v) is 3.45. The summed E-state index contributed by atoms with van der Waals surface area (Å²) in [6.07, 6.45) is 0.876. The summed E-state index contributed by atoms with van der Waals surface area (Å²) in [6, 6.07) is 8.67. The molecule has 1 aromatic carbocycles. The van der Waals surface area contributed by atoms with Gasteiger partial charge in [-0.05, 0) is 20.8 Å². The van der Waals surface area contributed by atoms with Gasteiger partial charge in [-0.15, -0.1) is 0 Å². The highest BCUT2D eigenvalue weighted by molar-refractivity contribution is 5.73. The first-order valence-electron chi connectivity index (χ1n) is 6.68. The van der Waals surface area contributed by atoms with E-state index < -0.39 is 0 Å². The van der Waals surface area contributed by atoms with Crippen molar-refractivity contribution in [2.75, 3.05) is 6.54 Å². The maximum absolute atomic E-state index is 12.1. The van der Waals surface area contributed by atoms with Crippen LogP contribution in [0.15, 0.2) is 24.3 Å². The molecule has 2 rings (SSSR count). The van der Waals surface area contributed by atoms with E-state index in [1.165, 1.54) is 11.1 Å². The van der Waals surface area contributed by atoms with Gasteiger partial charge in [0.1, 0.15) is 12.0 Å². The maximum atomic E-state index is 12.1. The van der Waals surface area contributed by atoms with Gasteiger partial charge in [0.2, 0.25) is 0 Å². The molecular weight excluding hydrogens is 226 g/mol. The molecule has 0 spiro atoms. The Hall–Kier alpha value is -1.35. The van der Waals surface area contributed by atoms with Gasteiger partial charge in [0.05, 0.1) is 12.6 Å². The van der Waals surface area contributed by atoms with Crippen molar-refractivity contribution in [1.82, 2.24) is 0 Å². The van der Waals surface area contributed by atoms with Gasteiger partial charge in [0, 0.05) is 12.0 Å². The normalized spacial score (nSPS) is 23.3. The quantitative estimate of drug-likeness (QED) is 0.825. The molecule has 0 saturated carbocycles. The lowest BCUT2D eigenvalue weighted by Crippen LogP contribution is -2.82. The van der Waals surface area contributed by atoms with Crippen LogP contribution < -0.4 is 5.32 Å². The Morgan fingerprint density at radius 2 is 2.00 bits per heavy atom. The van der Waals surface area contributed by atoms with Gasteiger partial charge < -0.3 is 10.1 Å². The fourth-order valence-electron chi connectivity index (χ4n) is 2.54. The van der Waals surface area contributed by atoms with Crippen LogP contribution in [0.1, 0.15) is 37.4 Å². The molecule has 0 unspecified atom stereocenters. The van der Waals surface area contributed by atoms with Gasteiger partial charge in [-0.1, -0.05) is 29.8 Å². The Bertz CT molecular complexity index is 411. The SMILES string of the molecule is Cc1ccc([C@H]2[NH2+]CC[C@@H]2C(=O)OC(C)C)cc1. The fourth-order valence-corrected chi connectivity index (χ4v) is 2.54. The minimum absolute atomic E-state index is 0.00453. The molecule has 0 bridgehead atoms. The van der Waals surface area contributed by atoms with E-state index in [1.54, 1.807) is 0 Å². The second-order valence-corrected chi connectivity index (χ2v) is 5.34. The molecule has 98 valence electrons. The van der Waals surface area contributed by atoms with Crippen molar-refractivity contribution < 1.29 is 14.8 Å². The smallest absolute Gasteiger partial charge is 0.315 e. The van der Waals surface area contributed by atoms with Gasteiger partial charge >= 0.3 is 5.97 Å². The summed E-state index contributed by atoms with van der Waals surface area (Å²) >= 11 is 0. The maximum Gasteiger partial charge on any atom is 0.315 e. The molecule has 0 radical (unpaired) electrons. The van der Waals surface area contributed by atoms with E-state index in [0.717, 1.165) is 13.0 Å². The van der Waals surface area contributed by atoms with Crippen LogP contribution in [0.5, 0.6) is 0 Å². The molecule has 0 aromatic heterocycles. The summed E-state index contributed by atoms with van der Waals surface area (Å²) in [5.74, 6) is -0.0561. The van der Waals surface area contributed by atoms with Crippen molar-refractivity contribution in [1.29, 1.82) is 0 Å². The summed E-state index contributed by atoms with van der Waals surface area (Å²) in [5.41, 5.74) is 2.47. The Morgan fingerprint density at radius 1 is 1.33 bits per heavy atom. The standard InChI is InChI=1S/C15H21NO2/c1-10(2)18-15(17)13-8-9-16-14(13)12-6-4-11(3)5-7-12/h4-7,10,13-14,16H,8-9H2,1-3H3/p+1/t13-,14+/m0/s1. The van der Waals surface area contributed by atoms with E-state index in [0.29, 0.717) is 0 Å². The second kappa shape index (κ2) is 5.53. The highest BCUT2D eigenvalue weighted by atomic mass is 16.5. The van der Waals surface area contributed by atoms with Gasteiger partial charge in [0.25, 0.3) is 0 Å². The van der Waals surface area contributed by atoms with Crippen LogP contribution in [-0.2, 0) is 9.53 Å².